The number of benzene rings is 2. The largest absolute Gasteiger partial charge is 0.383 e. The van der Waals surface area contributed by atoms with Gasteiger partial charge in [0.25, 0.3) is 0 Å². The minimum Gasteiger partial charge on any atom is -0.383 e. The van der Waals surface area contributed by atoms with Gasteiger partial charge in [0.1, 0.15) is 10.8 Å². The molecule has 2 aromatic carbocycles. The number of nitrogens with zero attached hydrogens (tertiary/aromatic N) is 4. The summed E-state index contributed by atoms with van der Waals surface area (Å²) in [6.45, 7) is 4.80. The van der Waals surface area contributed by atoms with Gasteiger partial charge < -0.3 is 15.0 Å². The van der Waals surface area contributed by atoms with E-state index in [0.29, 0.717) is 19.7 Å². The van der Waals surface area contributed by atoms with Crippen LogP contribution < -0.4 is 10.2 Å². The summed E-state index contributed by atoms with van der Waals surface area (Å²) in [5, 5.41) is 5.03. The monoisotopic (exact) mass is 461 g/mol. The molecule has 1 aliphatic heterocycles. The molecule has 0 radical (unpaired) electrons. The van der Waals surface area contributed by atoms with Gasteiger partial charge in [0.15, 0.2) is 0 Å². The van der Waals surface area contributed by atoms with Crippen LogP contribution in [0.3, 0.4) is 0 Å². The third-order valence-corrected chi connectivity index (χ3v) is 6.99. The number of para-hydroxylation sites is 2. The van der Waals surface area contributed by atoms with Crippen LogP contribution in [-0.2, 0) is 9.53 Å². The number of rotatable bonds is 7. The maximum absolute atomic E-state index is 12.1. The molecular formula is C25H27N5O2S. The number of amides is 1. The lowest BCUT2D eigenvalue weighted by Crippen LogP contribution is -2.50. The van der Waals surface area contributed by atoms with E-state index >= 15 is 0 Å². The first-order valence-electron chi connectivity index (χ1n) is 11.2. The van der Waals surface area contributed by atoms with Gasteiger partial charge in [-0.3, -0.25) is 9.69 Å². The molecule has 0 bridgehead atoms. The maximum atomic E-state index is 12.1. The molecule has 0 unspecified atom stereocenters. The molecule has 7 nitrogen and oxygen atoms in total. The Hall–Kier alpha value is -3.07. The summed E-state index contributed by atoms with van der Waals surface area (Å²) >= 11 is 1.72. The Morgan fingerprint density at radius 2 is 1.79 bits per heavy atom. The minimum absolute atomic E-state index is 0.0439. The molecule has 0 atom stereocenters. The van der Waals surface area contributed by atoms with Crippen molar-refractivity contribution in [2.45, 2.75) is 0 Å². The van der Waals surface area contributed by atoms with Gasteiger partial charge in [0.05, 0.1) is 28.9 Å². The van der Waals surface area contributed by atoms with Gasteiger partial charge in [-0.05, 0) is 24.3 Å². The van der Waals surface area contributed by atoms with Crippen LogP contribution in [-0.4, -0.2) is 73.8 Å². The second-order valence-corrected chi connectivity index (χ2v) is 9.17. The first-order valence-corrected chi connectivity index (χ1v) is 12.0. The fraction of sp³-hybridized carbons (Fsp3) is 0.320. The number of pyridine rings is 1. The van der Waals surface area contributed by atoms with E-state index in [4.69, 9.17) is 14.7 Å². The molecule has 1 amide bonds. The number of piperazine rings is 1. The molecular weight excluding hydrogens is 434 g/mol. The topological polar surface area (TPSA) is 70.6 Å². The van der Waals surface area contributed by atoms with E-state index in [-0.39, 0.29) is 5.91 Å². The summed E-state index contributed by atoms with van der Waals surface area (Å²) in [5.41, 5.74) is 3.12. The van der Waals surface area contributed by atoms with Gasteiger partial charge in [-0.15, -0.1) is 11.3 Å². The molecule has 0 saturated carbocycles. The van der Waals surface area contributed by atoms with E-state index in [2.05, 4.69) is 57.6 Å². The van der Waals surface area contributed by atoms with Crippen molar-refractivity contribution in [1.82, 2.24) is 20.2 Å². The van der Waals surface area contributed by atoms with E-state index in [9.17, 15) is 4.79 Å². The molecule has 5 rings (SSSR count). The summed E-state index contributed by atoms with van der Waals surface area (Å²) in [6, 6.07) is 18.7. The highest BCUT2D eigenvalue weighted by Crippen LogP contribution is 2.36. The second-order valence-electron chi connectivity index (χ2n) is 8.14. The average molecular weight is 462 g/mol. The third kappa shape index (κ3) is 4.83. The smallest absolute Gasteiger partial charge is 0.234 e. The van der Waals surface area contributed by atoms with E-state index in [1.807, 2.05) is 12.1 Å². The maximum Gasteiger partial charge on any atom is 0.234 e. The first kappa shape index (κ1) is 21.8. The molecule has 3 heterocycles. The van der Waals surface area contributed by atoms with Gasteiger partial charge in [-0.1, -0.05) is 30.3 Å². The van der Waals surface area contributed by atoms with Gasteiger partial charge in [0, 0.05) is 50.8 Å². The summed E-state index contributed by atoms with van der Waals surface area (Å²) in [4.78, 5) is 26.5. The number of thiazole rings is 1. The van der Waals surface area contributed by atoms with Crippen molar-refractivity contribution in [3.8, 4) is 10.6 Å². The standard InChI is InChI=1S/C25H27N5O2S/c1-32-15-10-26-24(31)17-29-11-13-30(14-12-29)23-16-19(18-6-2-3-7-20(18)27-23)25-28-21-8-4-5-9-22(21)33-25/h2-9,16H,10-15,17H2,1H3,(H,26,31). The highest BCUT2D eigenvalue weighted by Gasteiger charge is 2.21. The normalized spacial score (nSPS) is 14.8. The summed E-state index contributed by atoms with van der Waals surface area (Å²) < 4.78 is 6.18. The number of hydrogen-bond acceptors (Lipinski definition) is 7. The van der Waals surface area contributed by atoms with Crippen LogP contribution in [0.4, 0.5) is 5.82 Å². The van der Waals surface area contributed by atoms with Crippen LogP contribution in [0.5, 0.6) is 0 Å². The van der Waals surface area contributed by atoms with Gasteiger partial charge in [-0.25, -0.2) is 9.97 Å². The highest BCUT2D eigenvalue weighted by molar-refractivity contribution is 7.21. The molecule has 170 valence electrons. The number of fused-ring (bicyclic) bond motifs is 2. The molecule has 0 spiro atoms. The SMILES string of the molecule is COCCNC(=O)CN1CCN(c2cc(-c3nc4ccccc4s3)c3ccccc3n2)CC1. The Balaban J connectivity index is 1.36. The zero-order valence-corrected chi connectivity index (χ0v) is 19.5. The molecule has 1 saturated heterocycles. The molecule has 2 aromatic heterocycles. The van der Waals surface area contributed by atoms with E-state index in [1.54, 1.807) is 18.4 Å². The molecule has 4 aromatic rings. The van der Waals surface area contributed by atoms with Crippen LogP contribution in [0.25, 0.3) is 31.7 Å². The second kappa shape index (κ2) is 9.82. The fourth-order valence-corrected chi connectivity index (χ4v) is 5.17. The van der Waals surface area contributed by atoms with Crippen molar-refractivity contribution in [3.63, 3.8) is 0 Å². The zero-order chi connectivity index (χ0) is 22.6. The minimum atomic E-state index is 0.0439. The van der Waals surface area contributed by atoms with Crippen LogP contribution in [0, 0.1) is 0 Å². The van der Waals surface area contributed by atoms with Gasteiger partial charge in [-0.2, -0.15) is 0 Å². The Labute approximate surface area is 197 Å². The highest BCUT2D eigenvalue weighted by atomic mass is 32.1. The molecule has 8 heteroatoms. The predicted molar refractivity (Wildman–Crippen MR) is 134 cm³/mol. The number of anilines is 1. The zero-order valence-electron chi connectivity index (χ0n) is 18.7. The van der Waals surface area contributed by atoms with Crippen LogP contribution in [0.15, 0.2) is 54.6 Å². The van der Waals surface area contributed by atoms with Crippen molar-refractivity contribution in [1.29, 1.82) is 0 Å². The molecule has 1 fully saturated rings. The fourth-order valence-electron chi connectivity index (χ4n) is 4.17. The molecule has 1 aliphatic rings. The third-order valence-electron chi connectivity index (χ3n) is 5.92. The summed E-state index contributed by atoms with van der Waals surface area (Å²) in [7, 11) is 1.63. The summed E-state index contributed by atoms with van der Waals surface area (Å²) in [6.07, 6.45) is 0. The number of methoxy groups -OCH3 is 1. The molecule has 33 heavy (non-hydrogen) atoms. The van der Waals surface area contributed by atoms with E-state index in [0.717, 1.165) is 59.0 Å². The Bertz CT molecular complexity index is 1230. The van der Waals surface area contributed by atoms with Crippen molar-refractivity contribution in [3.05, 3.63) is 54.6 Å². The van der Waals surface area contributed by atoms with Gasteiger partial charge >= 0.3 is 0 Å². The van der Waals surface area contributed by atoms with Crippen LogP contribution >= 0.6 is 11.3 Å². The first-order chi connectivity index (χ1) is 16.2. The van der Waals surface area contributed by atoms with Crippen molar-refractivity contribution >= 4 is 44.2 Å². The van der Waals surface area contributed by atoms with Gasteiger partial charge in [0.2, 0.25) is 5.91 Å². The predicted octanol–water partition coefficient (Wildman–Crippen LogP) is 3.40. The number of nitrogens with one attached hydrogen (secondary N) is 1. The molecule has 0 aliphatic carbocycles. The van der Waals surface area contributed by atoms with Crippen molar-refractivity contribution < 1.29 is 9.53 Å². The Kier molecular flexibility index (Phi) is 6.48. The number of carbonyl (C=O) groups excluding carboxylic acids is 1. The van der Waals surface area contributed by atoms with Crippen LogP contribution in [0.1, 0.15) is 0 Å². The lowest BCUT2D eigenvalue weighted by Gasteiger charge is -2.35. The quantitative estimate of drug-likeness (QED) is 0.426. The van der Waals surface area contributed by atoms with E-state index < -0.39 is 0 Å². The van der Waals surface area contributed by atoms with Crippen molar-refractivity contribution in [2.24, 2.45) is 0 Å². The lowest BCUT2D eigenvalue weighted by atomic mass is 10.1. The van der Waals surface area contributed by atoms with E-state index in [1.165, 1.54) is 4.70 Å². The van der Waals surface area contributed by atoms with Crippen LogP contribution in [0.2, 0.25) is 0 Å². The molecule has 1 N–H and O–H groups in total. The lowest BCUT2D eigenvalue weighted by molar-refractivity contribution is -0.122. The Morgan fingerprint density at radius 1 is 1.03 bits per heavy atom. The number of ether oxygens (including phenoxy) is 1. The Morgan fingerprint density at radius 3 is 2.58 bits per heavy atom. The summed E-state index contributed by atoms with van der Waals surface area (Å²) in [5.74, 6) is 1.01. The number of aromatic nitrogens is 2. The average Bonchev–Trinajstić information content (AvgIpc) is 3.28. The number of hydrogen-bond donors (Lipinski definition) is 1. The van der Waals surface area contributed by atoms with Crippen molar-refractivity contribution in [2.75, 3.05) is 57.9 Å². The number of carbonyl (C=O) groups is 1.